The van der Waals surface area contributed by atoms with Crippen LogP contribution in [0.5, 0.6) is 0 Å². The van der Waals surface area contributed by atoms with Crippen molar-refractivity contribution in [3.05, 3.63) is 51.9 Å². The van der Waals surface area contributed by atoms with Crippen LogP contribution in [-0.2, 0) is 27.4 Å². The molecule has 0 N–H and O–H groups in total. The molecule has 0 unspecified atom stereocenters. The Morgan fingerprint density at radius 3 is 2.71 bits per heavy atom. The molecular weight excluding hydrogens is 360 g/mol. The van der Waals surface area contributed by atoms with Gasteiger partial charge in [-0.05, 0) is 24.6 Å². The van der Waals surface area contributed by atoms with Gasteiger partial charge in [0.05, 0.1) is 25.5 Å². The highest BCUT2D eigenvalue weighted by molar-refractivity contribution is 5.92. The Balaban J connectivity index is 1.91. The molecule has 0 radical (unpaired) electrons. The fraction of sp³-hybridized carbons (Fsp3) is 0.450. The lowest BCUT2D eigenvalue weighted by molar-refractivity contribution is -0.118. The number of ether oxygens (including phenoxy) is 2. The van der Waals surface area contributed by atoms with Gasteiger partial charge in [0.2, 0.25) is 11.9 Å². The minimum absolute atomic E-state index is 0.0871. The number of benzene rings is 1. The summed E-state index contributed by atoms with van der Waals surface area (Å²) in [4.78, 5) is 33.8. The summed E-state index contributed by atoms with van der Waals surface area (Å²) in [6.07, 6.45) is 0. The van der Waals surface area contributed by atoms with E-state index in [1.54, 1.807) is 19.1 Å². The van der Waals surface area contributed by atoms with Crippen molar-refractivity contribution in [2.75, 3.05) is 50.3 Å². The topological polar surface area (TPSA) is 76.9 Å². The first-order valence-corrected chi connectivity index (χ1v) is 9.25. The van der Waals surface area contributed by atoms with E-state index in [4.69, 9.17) is 9.47 Å². The zero-order valence-electron chi connectivity index (χ0n) is 16.6. The van der Waals surface area contributed by atoms with Crippen molar-refractivity contribution in [2.45, 2.75) is 20.1 Å². The van der Waals surface area contributed by atoms with Gasteiger partial charge in [0.15, 0.2) is 0 Å². The number of carbonyl (C=O) groups is 1. The van der Waals surface area contributed by atoms with E-state index in [0.717, 1.165) is 11.3 Å². The first-order chi connectivity index (χ1) is 13.5. The fourth-order valence-corrected chi connectivity index (χ4v) is 3.14. The molecule has 1 amide bonds. The Kier molecular flexibility index (Phi) is 6.43. The first kappa shape index (κ1) is 20.0. The van der Waals surface area contributed by atoms with E-state index in [9.17, 15) is 9.59 Å². The number of nitrogens with zero attached hydrogens (tertiary/aromatic N) is 4. The highest BCUT2D eigenvalue weighted by Gasteiger charge is 2.21. The Morgan fingerprint density at radius 2 is 2.04 bits per heavy atom. The Hall–Kier alpha value is -2.71. The minimum atomic E-state index is -0.269. The number of hydrogen-bond acceptors (Lipinski definition) is 6. The van der Waals surface area contributed by atoms with Crippen LogP contribution in [0.1, 0.15) is 11.3 Å². The second kappa shape index (κ2) is 8.99. The molecule has 1 saturated heterocycles. The summed E-state index contributed by atoms with van der Waals surface area (Å²) >= 11 is 0. The van der Waals surface area contributed by atoms with Crippen molar-refractivity contribution in [1.82, 2.24) is 9.55 Å². The Bertz CT molecular complexity index is 890. The summed E-state index contributed by atoms with van der Waals surface area (Å²) in [5.41, 5.74) is 2.13. The third-order valence-corrected chi connectivity index (χ3v) is 4.68. The second-order valence-corrected chi connectivity index (χ2v) is 6.80. The van der Waals surface area contributed by atoms with Crippen LogP contribution in [0.25, 0.3) is 0 Å². The van der Waals surface area contributed by atoms with Crippen LogP contribution >= 0.6 is 0 Å². The van der Waals surface area contributed by atoms with E-state index in [1.807, 2.05) is 36.1 Å². The van der Waals surface area contributed by atoms with Gasteiger partial charge in [-0.2, -0.15) is 0 Å². The van der Waals surface area contributed by atoms with Crippen molar-refractivity contribution < 1.29 is 14.3 Å². The van der Waals surface area contributed by atoms with Gasteiger partial charge in [-0.3, -0.25) is 14.2 Å². The predicted octanol–water partition coefficient (Wildman–Crippen LogP) is 1.20. The number of methoxy groups -OCH3 is 1. The summed E-state index contributed by atoms with van der Waals surface area (Å²) in [6, 6.07) is 9.11. The molecule has 8 heteroatoms. The maximum atomic E-state index is 12.9. The van der Waals surface area contributed by atoms with Crippen LogP contribution in [0.4, 0.5) is 11.6 Å². The zero-order valence-corrected chi connectivity index (χ0v) is 16.6. The fourth-order valence-electron chi connectivity index (χ4n) is 3.14. The summed E-state index contributed by atoms with van der Waals surface area (Å²) in [5, 5.41) is 0. The van der Waals surface area contributed by atoms with E-state index in [2.05, 4.69) is 4.98 Å². The third kappa shape index (κ3) is 4.58. The van der Waals surface area contributed by atoms with Crippen LogP contribution < -0.4 is 15.4 Å². The number of aryl methyl sites for hydroxylation is 1. The molecule has 1 aliphatic rings. The second-order valence-electron chi connectivity index (χ2n) is 6.80. The van der Waals surface area contributed by atoms with Gasteiger partial charge >= 0.3 is 0 Å². The number of carbonyl (C=O) groups excluding carboxylic acids is 1. The molecule has 28 heavy (non-hydrogen) atoms. The molecule has 3 rings (SSSR count). The average Bonchev–Trinajstić information content (AvgIpc) is 2.70. The standard InChI is InChI=1S/C20H26N4O4/c1-15-5-4-6-17(11-15)22(2)19(26)13-24-18(25)12-16(14-27-3)21-20(24)23-7-9-28-10-8-23/h4-6,11-12H,7-10,13-14H2,1-3H3. The molecule has 1 aromatic heterocycles. The summed E-state index contributed by atoms with van der Waals surface area (Å²) in [5.74, 6) is 0.289. The third-order valence-electron chi connectivity index (χ3n) is 4.68. The lowest BCUT2D eigenvalue weighted by Crippen LogP contribution is -2.42. The normalized spacial score (nSPS) is 14.2. The van der Waals surface area contributed by atoms with Gasteiger partial charge in [0.1, 0.15) is 6.54 Å². The lowest BCUT2D eigenvalue weighted by Gasteiger charge is -2.30. The summed E-state index contributed by atoms with van der Waals surface area (Å²) < 4.78 is 12.0. The van der Waals surface area contributed by atoms with Crippen molar-refractivity contribution in [1.29, 1.82) is 0 Å². The van der Waals surface area contributed by atoms with Gasteiger partial charge in [0, 0.05) is 39.0 Å². The van der Waals surface area contributed by atoms with E-state index >= 15 is 0 Å². The highest BCUT2D eigenvalue weighted by Crippen LogP contribution is 2.17. The quantitative estimate of drug-likeness (QED) is 0.743. The van der Waals surface area contributed by atoms with Crippen LogP contribution in [0.2, 0.25) is 0 Å². The SMILES string of the molecule is COCc1cc(=O)n(CC(=O)N(C)c2cccc(C)c2)c(N2CCOCC2)n1. The maximum absolute atomic E-state index is 12.9. The van der Waals surface area contributed by atoms with Gasteiger partial charge in [-0.15, -0.1) is 0 Å². The average molecular weight is 386 g/mol. The largest absolute Gasteiger partial charge is 0.378 e. The Labute approximate surface area is 164 Å². The summed E-state index contributed by atoms with van der Waals surface area (Å²) in [6.45, 7) is 4.47. The molecule has 150 valence electrons. The number of likely N-dealkylation sites (N-methyl/N-ethyl adjacent to an activating group) is 1. The summed E-state index contributed by atoms with van der Waals surface area (Å²) in [7, 11) is 3.27. The molecule has 1 aliphatic heterocycles. The monoisotopic (exact) mass is 386 g/mol. The van der Waals surface area contributed by atoms with Crippen LogP contribution in [0.3, 0.4) is 0 Å². The Morgan fingerprint density at radius 1 is 1.29 bits per heavy atom. The number of rotatable bonds is 6. The first-order valence-electron chi connectivity index (χ1n) is 9.25. The smallest absolute Gasteiger partial charge is 0.255 e. The van der Waals surface area contributed by atoms with Gasteiger partial charge in [-0.25, -0.2) is 4.98 Å². The van der Waals surface area contributed by atoms with Crippen LogP contribution in [0, 0.1) is 6.92 Å². The molecule has 2 heterocycles. The molecule has 1 aromatic carbocycles. The van der Waals surface area contributed by atoms with Crippen molar-refractivity contribution >= 4 is 17.5 Å². The van der Waals surface area contributed by atoms with E-state index < -0.39 is 0 Å². The molecule has 2 aromatic rings. The molecule has 0 aliphatic carbocycles. The van der Waals surface area contributed by atoms with Crippen molar-refractivity contribution in [3.63, 3.8) is 0 Å². The molecule has 0 spiro atoms. The molecular formula is C20H26N4O4. The maximum Gasteiger partial charge on any atom is 0.255 e. The number of morpholine rings is 1. The number of anilines is 2. The van der Waals surface area contributed by atoms with Gasteiger partial charge < -0.3 is 19.3 Å². The van der Waals surface area contributed by atoms with Crippen LogP contribution in [-0.4, -0.2) is 55.9 Å². The van der Waals surface area contributed by atoms with Crippen molar-refractivity contribution in [2.24, 2.45) is 0 Å². The molecule has 1 fully saturated rings. The van der Waals surface area contributed by atoms with Gasteiger partial charge in [-0.1, -0.05) is 12.1 Å². The molecule has 8 nitrogen and oxygen atoms in total. The number of aromatic nitrogens is 2. The molecule has 0 bridgehead atoms. The zero-order chi connectivity index (χ0) is 20.1. The highest BCUT2D eigenvalue weighted by atomic mass is 16.5. The van der Waals surface area contributed by atoms with Gasteiger partial charge in [0.25, 0.3) is 5.56 Å². The molecule has 0 atom stereocenters. The number of amides is 1. The predicted molar refractivity (Wildman–Crippen MR) is 107 cm³/mol. The van der Waals surface area contributed by atoms with E-state index in [-0.39, 0.29) is 24.6 Å². The lowest BCUT2D eigenvalue weighted by atomic mass is 10.2. The van der Waals surface area contributed by atoms with Crippen LogP contribution in [0.15, 0.2) is 35.1 Å². The number of hydrogen-bond donors (Lipinski definition) is 0. The van der Waals surface area contributed by atoms with E-state index in [0.29, 0.717) is 37.9 Å². The van der Waals surface area contributed by atoms with E-state index in [1.165, 1.54) is 10.6 Å². The van der Waals surface area contributed by atoms with Crippen molar-refractivity contribution in [3.8, 4) is 0 Å². The molecule has 0 saturated carbocycles. The minimum Gasteiger partial charge on any atom is -0.378 e.